The fraction of sp³-hybridized carbons (Fsp3) is 0.154. The Bertz CT molecular complexity index is 628. The maximum absolute atomic E-state index is 12.0. The fourth-order valence-electron chi connectivity index (χ4n) is 1.59. The van der Waals surface area contributed by atoms with E-state index in [1.807, 2.05) is 6.07 Å². The highest BCUT2D eigenvalue weighted by Gasteiger charge is 2.12. The minimum absolute atomic E-state index is 0.0708. The zero-order chi connectivity index (χ0) is 13.7. The van der Waals surface area contributed by atoms with Crippen LogP contribution in [0.4, 0.5) is 5.69 Å². The van der Waals surface area contributed by atoms with Gasteiger partial charge in [0.05, 0.1) is 5.69 Å². The van der Waals surface area contributed by atoms with E-state index in [4.69, 9.17) is 10.00 Å². The maximum atomic E-state index is 12.0. The van der Waals surface area contributed by atoms with Gasteiger partial charge in [0.25, 0.3) is 5.91 Å². The SMILES string of the molecule is Cn1nccc1C(=O)Nc1ccccc1OCC#N. The van der Waals surface area contributed by atoms with E-state index in [0.717, 1.165) is 0 Å². The number of amides is 1. The first-order valence-corrected chi connectivity index (χ1v) is 5.60. The van der Waals surface area contributed by atoms with Crippen LogP contribution in [0.5, 0.6) is 5.75 Å². The number of nitrogens with one attached hydrogen (secondary N) is 1. The van der Waals surface area contributed by atoms with E-state index in [2.05, 4.69) is 10.4 Å². The van der Waals surface area contributed by atoms with Crippen LogP contribution < -0.4 is 10.1 Å². The first-order chi connectivity index (χ1) is 9.22. The molecule has 6 heteroatoms. The van der Waals surface area contributed by atoms with Gasteiger partial charge in [0.1, 0.15) is 17.5 Å². The summed E-state index contributed by atoms with van der Waals surface area (Å²) in [7, 11) is 1.69. The van der Waals surface area contributed by atoms with Crippen LogP contribution in [-0.2, 0) is 7.05 Å². The Kier molecular flexibility index (Phi) is 3.78. The molecule has 2 aromatic rings. The van der Waals surface area contributed by atoms with Crippen LogP contribution >= 0.6 is 0 Å². The number of hydrogen-bond acceptors (Lipinski definition) is 4. The predicted molar refractivity (Wildman–Crippen MR) is 68.7 cm³/mol. The third-order valence-corrected chi connectivity index (χ3v) is 2.48. The van der Waals surface area contributed by atoms with Gasteiger partial charge in [-0.2, -0.15) is 10.4 Å². The van der Waals surface area contributed by atoms with Crippen molar-refractivity contribution in [3.63, 3.8) is 0 Å². The second-order valence-electron chi connectivity index (χ2n) is 3.74. The third kappa shape index (κ3) is 2.90. The minimum Gasteiger partial charge on any atom is -0.477 e. The van der Waals surface area contributed by atoms with E-state index in [-0.39, 0.29) is 12.5 Å². The normalized spacial score (nSPS) is 9.68. The van der Waals surface area contributed by atoms with Gasteiger partial charge in [0, 0.05) is 13.2 Å². The molecule has 0 saturated carbocycles. The van der Waals surface area contributed by atoms with Crippen molar-refractivity contribution in [1.29, 1.82) is 5.26 Å². The van der Waals surface area contributed by atoms with Crippen LogP contribution in [0.15, 0.2) is 36.5 Å². The molecule has 1 heterocycles. The Labute approximate surface area is 110 Å². The zero-order valence-electron chi connectivity index (χ0n) is 10.3. The largest absolute Gasteiger partial charge is 0.477 e. The molecule has 1 aromatic carbocycles. The lowest BCUT2D eigenvalue weighted by Crippen LogP contribution is -2.16. The number of aromatic nitrogens is 2. The van der Waals surface area contributed by atoms with E-state index in [1.54, 1.807) is 43.6 Å². The summed E-state index contributed by atoms with van der Waals surface area (Å²) in [5.74, 6) is 0.174. The van der Waals surface area contributed by atoms with Crippen molar-refractivity contribution in [2.45, 2.75) is 0 Å². The molecule has 1 N–H and O–H groups in total. The molecule has 0 aliphatic carbocycles. The highest BCUT2D eigenvalue weighted by atomic mass is 16.5. The second kappa shape index (κ2) is 5.69. The van der Waals surface area contributed by atoms with Crippen LogP contribution in [-0.4, -0.2) is 22.3 Å². The lowest BCUT2D eigenvalue weighted by molar-refractivity contribution is 0.101. The molecule has 96 valence electrons. The summed E-state index contributed by atoms with van der Waals surface area (Å²) in [6.45, 7) is -0.0708. The topological polar surface area (TPSA) is 79.9 Å². The number of carbonyl (C=O) groups is 1. The number of nitrogens with zero attached hydrogens (tertiary/aromatic N) is 3. The number of carbonyl (C=O) groups excluding carboxylic acids is 1. The summed E-state index contributed by atoms with van der Waals surface area (Å²) in [5, 5.41) is 15.2. The number of benzene rings is 1. The van der Waals surface area contributed by atoms with E-state index in [0.29, 0.717) is 17.1 Å². The van der Waals surface area contributed by atoms with Crippen molar-refractivity contribution in [2.75, 3.05) is 11.9 Å². The Hall–Kier alpha value is -2.81. The molecule has 19 heavy (non-hydrogen) atoms. The number of anilines is 1. The number of ether oxygens (including phenoxy) is 1. The van der Waals surface area contributed by atoms with Gasteiger partial charge in [0.15, 0.2) is 6.61 Å². The average molecular weight is 256 g/mol. The summed E-state index contributed by atoms with van der Waals surface area (Å²) < 4.78 is 6.72. The summed E-state index contributed by atoms with van der Waals surface area (Å²) in [5.41, 5.74) is 0.957. The molecule has 0 saturated heterocycles. The number of hydrogen-bond donors (Lipinski definition) is 1. The van der Waals surface area contributed by atoms with Crippen LogP contribution in [0.3, 0.4) is 0 Å². The van der Waals surface area contributed by atoms with Gasteiger partial charge < -0.3 is 10.1 Å². The predicted octanol–water partition coefficient (Wildman–Crippen LogP) is 1.57. The summed E-state index contributed by atoms with van der Waals surface area (Å²) in [6.07, 6.45) is 1.55. The number of aryl methyl sites for hydroxylation is 1. The second-order valence-corrected chi connectivity index (χ2v) is 3.74. The molecular weight excluding hydrogens is 244 g/mol. The molecule has 0 unspecified atom stereocenters. The summed E-state index contributed by atoms with van der Waals surface area (Å²) >= 11 is 0. The molecule has 0 radical (unpaired) electrons. The fourth-order valence-corrected chi connectivity index (χ4v) is 1.59. The average Bonchev–Trinajstić information content (AvgIpc) is 2.84. The highest BCUT2D eigenvalue weighted by molar-refractivity contribution is 6.03. The van der Waals surface area contributed by atoms with Crippen molar-refractivity contribution >= 4 is 11.6 Å². The highest BCUT2D eigenvalue weighted by Crippen LogP contribution is 2.24. The smallest absolute Gasteiger partial charge is 0.274 e. The van der Waals surface area contributed by atoms with Crippen molar-refractivity contribution in [3.8, 4) is 11.8 Å². The van der Waals surface area contributed by atoms with Gasteiger partial charge in [-0.15, -0.1) is 0 Å². The molecule has 0 aliphatic heterocycles. The summed E-state index contributed by atoms with van der Waals surface area (Å²) in [4.78, 5) is 12.0. The Morgan fingerprint density at radius 1 is 1.47 bits per heavy atom. The molecule has 2 rings (SSSR count). The van der Waals surface area contributed by atoms with E-state index in [9.17, 15) is 4.79 Å². The van der Waals surface area contributed by atoms with Gasteiger partial charge in [-0.1, -0.05) is 12.1 Å². The molecule has 0 atom stereocenters. The van der Waals surface area contributed by atoms with Crippen LogP contribution in [0, 0.1) is 11.3 Å². The van der Waals surface area contributed by atoms with Gasteiger partial charge in [-0.25, -0.2) is 0 Å². The number of rotatable bonds is 4. The van der Waals surface area contributed by atoms with Gasteiger partial charge in [-0.3, -0.25) is 9.48 Å². The zero-order valence-corrected chi connectivity index (χ0v) is 10.3. The standard InChI is InChI=1S/C13H12N4O2/c1-17-11(6-8-15-17)13(18)16-10-4-2-3-5-12(10)19-9-7-14/h2-6,8H,9H2,1H3,(H,16,18). The molecule has 6 nitrogen and oxygen atoms in total. The van der Waals surface area contributed by atoms with Crippen molar-refractivity contribution in [1.82, 2.24) is 9.78 Å². The van der Waals surface area contributed by atoms with Gasteiger partial charge in [0.2, 0.25) is 0 Å². The maximum Gasteiger partial charge on any atom is 0.274 e. The molecule has 0 spiro atoms. The molecule has 0 bridgehead atoms. The molecular formula is C13H12N4O2. The monoisotopic (exact) mass is 256 g/mol. The van der Waals surface area contributed by atoms with Crippen molar-refractivity contribution in [2.24, 2.45) is 7.05 Å². The molecule has 0 fully saturated rings. The van der Waals surface area contributed by atoms with E-state index < -0.39 is 0 Å². The summed E-state index contributed by atoms with van der Waals surface area (Å²) in [6, 6.07) is 10.4. The van der Waals surface area contributed by atoms with Crippen LogP contribution in [0.1, 0.15) is 10.5 Å². The van der Waals surface area contributed by atoms with Gasteiger partial charge in [-0.05, 0) is 18.2 Å². The van der Waals surface area contributed by atoms with E-state index in [1.165, 1.54) is 4.68 Å². The Balaban J connectivity index is 2.17. The van der Waals surface area contributed by atoms with Crippen LogP contribution in [0.25, 0.3) is 0 Å². The number of nitriles is 1. The first-order valence-electron chi connectivity index (χ1n) is 5.60. The molecule has 1 aromatic heterocycles. The third-order valence-electron chi connectivity index (χ3n) is 2.48. The number of para-hydroxylation sites is 2. The Morgan fingerprint density at radius 3 is 2.95 bits per heavy atom. The van der Waals surface area contributed by atoms with Crippen molar-refractivity contribution in [3.05, 3.63) is 42.2 Å². The van der Waals surface area contributed by atoms with Crippen molar-refractivity contribution < 1.29 is 9.53 Å². The van der Waals surface area contributed by atoms with Gasteiger partial charge >= 0.3 is 0 Å². The van der Waals surface area contributed by atoms with Crippen LogP contribution in [0.2, 0.25) is 0 Å². The molecule has 1 amide bonds. The molecule has 0 aliphatic rings. The lowest BCUT2D eigenvalue weighted by atomic mass is 10.2. The first kappa shape index (κ1) is 12.6. The quantitative estimate of drug-likeness (QED) is 0.900. The minimum atomic E-state index is -0.284. The lowest BCUT2D eigenvalue weighted by Gasteiger charge is -2.10. The Morgan fingerprint density at radius 2 is 2.26 bits per heavy atom. The van der Waals surface area contributed by atoms with E-state index >= 15 is 0 Å².